The van der Waals surface area contributed by atoms with E-state index in [1.54, 1.807) is 86.1 Å². The number of hydrogen-bond acceptors (Lipinski definition) is 8. The van der Waals surface area contributed by atoms with E-state index in [0.717, 1.165) is 47.4 Å². The van der Waals surface area contributed by atoms with Crippen molar-refractivity contribution in [3.63, 3.8) is 0 Å². The third-order valence-corrected chi connectivity index (χ3v) is 9.65. The number of rotatable bonds is 10. The van der Waals surface area contributed by atoms with Crippen LogP contribution in [0.25, 0.3) is 6.08 Å². The fourth-order valence-electron chi connectivity index (χ4n) is 5.04. The standard InChI is InChI=1S/C35H34N4O5S2/c1-22(31(40)39-34-30(35(43)44-2)27-16-7-4-8-17-29(27)46-34)45-26-15-9-14-25(20-26)37-33(42)28(19-23-11-10-18-36-21-23)38-32(41)24-12-5-3-6-13-24/h3,5-6,9-15,18-22H,4,7-8,16-17H2,1-2H3,(H,37,42)(H,38,41)(H,39,40)/b28-19-. The van der Waals surface area contributed by atoms with E-state index in [9.17, 15) is 19.2 Å². The summed E-state index contributed by atoms with van der Waals surface area (Å²) in [6.45, 7) is 1.79. The minimum Gasteiger partial charge on any atom is -0.465 e. The maximum absolute atomic E-state index is 13.4. The van der Waals surface area contributed by atoms with Gasteiger partial charge >= 0.3 is 5.97 Å². The second kappa shape index (κ2) is 15.5. The van der Waals surface area contributed by atoms with E-state index in [-0.39, 0.29) is 11.6 Å². The van der Waals surface area contributed by atoms with Gasteiger partial charge in [0.05, 0.1) is 17.9 Å². The number of aromatic nitrogens is 1. The Bertz CT molecular complexity index is 1760. The van der Waals surface area contributed by atoms with E-state index in [1.807, 2.05) is 6.07 Å². The van der Waals surface area contributed by atoms with Gasteiger partial charge in [-0.3, -0.25) is 19.4 Å². The van der Waals surface area contributed by atoms with Gasteiger partial charge in [0.15, 0.2) is 0 Å². The molecule has 2 heterocycles. The number of nitrogens with one attached hydrogen (secondary N) is 3. The number of carbonyl (C=O) groups is 4. The molecule has 1 atom stereocenters. The zero-order valence-corrected chi connectivity index (χ0v) is 27.1. The first kappa shape index (κ1) is 32.6. The zero-order chi connectivity index (χ0) is 32.5. The van der Waals surface area contributed by atoms with Crippen molar-refractivity contribution in [2.24, 2.45) is 0 Å². The molecular formula is C35H34N4O5S2. The van der Waals surface area contributed by atoms with Crippen molar-refractivity contribution in [3.8, 4) is 0 Å². The molecule has 1 unspecified atom stereocenters. The number of ether oxygens (including phenoxy) is 1. The lowest BCUT2D eigenvalue weighted by Crippen LogP contribution is -2.30. The third kappa shape index (κ3) is 8.29. The quantitative estimate of drug-likeness (QED) is 0.0750. The Labute approximate surface area is 275 Å². The van der Waals surface area contributed by atoms with Crippen LogP contribution < -0.4 is 16.0 Å². The summed E-state index contributed by atoms with van der Waals surface area (Å²) in [5.41, 5.74) is 3.05. The number of carbonyl (C=O) groups excluding carboxylic acids is 4. The van der Waals surface area contributed by atoms with Crippen LogP contribution in [0.1, 0.15) is 62.9 Å². The smallest absolute Gasteiger partial charge is 0.341 e. The minimum atomic E-state index is -0.520. The molecule has 2 aromatic carbocycles. The van der Waals surface area contributed by atoms with Crippen LogP contribution in [-0.4, -0.2) is 41.0 Å². The van der Waals surface area contributed by atoms with E-state index in [4.69, 9.17) is 4.74 Å². The summed E-state index contributed by atoms with van der Waals surface area (Å²) in [5, 5.41) is 8.57. The van der Waals surface area contributed by atoms with Crippen LogP contribution in [0.4, 0.5) is 10.7 Å². The fraction of sp³-hybridized carbons (Fsp3) is 0.229. The van der Waals surface area contributed by atoms with Crippen molar-refractivity contribution in [2.75, 3.05) is 17.7 Å². The molecule has 0 spiro atoms. The van der Waals surface area contributed by atoms with Gasteiger partial charge in [-0.2, -0.15) is 0 Å². The minimum absolute atomic E-state index is 0.0448. The number of fused-ring (bicyclic) bond motifs is 1. The highest BCUT2D eigenvalue weighted by atomic mass is 32.2. The van der Waals surface area contributed by atoms with Gasteiger partial charge in [-0.25, -0.2) is 4.79 Å². The van der Waals surface area contributed by atoms with Crippen molar-refractivity contribution in [1.82, 2.24) is 10.3 Å². The van der Waals surface area contributed by atoms with E-state index in [2.05, 4.69) is 20.9 Å². The molecule has 0 aliphatic heterocycles. The van der Waals surface area contributed by atoms with Crippen molar-refractivity contribution in [3.05, 3.63) is 112 Å². The van der Waals surface area contributed by atoms with Crippen LogP contribution in [0.3, 0.4) is 0 Å². The Morgan fingerprint density at radius 1 is 0.957 bits per heavy atom. The summed E-state index contributed by atoms with van der Waals surface area (Å²) in [5.74, 6) is -1.62. The molecule has 1 aliphatic carbocycles. The Kier molecular flexibility index (Phi) is 11.0. The van der Waals surface area contributed by atoms with Gasteiger partial charge < -0.3 is 20.7 Å². The molecular weight excluding hydrogens is 621 g/mol. The number of aryl methyl sites for hydroxylation is 1. The normalized spacial score (nSPS) is 13.5. The summed E-state index contributed by atoms with van der Waals surface area (Å²) >= 11 is 2.78. The number of pyridine rings is 1. The summed E-state index contributed by atoms with van der Waals surface area (Å²) in [6.07, 6.45) is 9.62. The molecule has 9 nitrogen and oxygen atoms in total. The average molecular weight is 655 g/mol. The average Bonchev–Trinajstić information content (AvgIpc) is 3.24. The molecule has 11 heteroatoms. The lowest BCUT2D eigenvalue weighted by Gasteiger charge is -2.14. The molecule has 0 bridgehead atoms. The van der Waals surface area contributed by atoms with Crippen LogP contribution in [0, 0.1) is 0 Å². The number of thioether (sulfide) groups is 1. The van der Waals surface area contributed by atoms with Crippen LogP contribution in [0.15, 0.2) is 89.7 Å². The molecule has 3 amide bonds. The van der Waals surface area contributed by atoms with Gasteiger partial charge in [0.25, 0.3) is 11.8 Å². The number of thiophene rings is 1. The van der Waals surface area contributed by atoms with Gasteiger partial charge in [0.1, 0.15) is 10.7 Å². The maximum atomic E-state index is 13.4. The molecule has 0 saturated carbocycles. The van der Waals surface area contributed by atoms with Gasteiger partial charge in [-0.15, -0.1) is 23.1 Å². The predicted molar refractivity (Wildman–Crippen MR) is 182 cm³/mol. The molecule has 236 valence electrons. The number of benzene rings is 2. The lowest BCUT2D eigenvalue weighted by atomic mass is 10.1. The second-order valence-corrected chi connectivity index (χ2v) is 13.2. The van der Waals surface area contributed by atoms with Gasteiger partial charge in [0.2, 0.25) is 5.91 Å². The molecule has 0 radical (unpaired) electrons. The molecule has 4 aromatic rings. The summed E-state index contributed by atoms with van der Waals surface area (Å²) in [7, 11) is 1.35. The summed E-state index contributed by atoms with van der Waals surface area (Å²) < 4.78 is 5.06. The Balaban J connectivity index is 1.28. The lowest BCUT2D eigenvalue weighted by molar-refractivity contribution is -0.115. The third-order valence-electron chi connectivity index (χ3n) is 7.35. The highest BCUT2D eigenvalue weighted by molar-refractivity contribution is 8.00. The number of nitrogens with zero attached hydrogens (tertiary/aromatic N) is 1. The van der Waals surface area contributed by atoms with E-state index >= 15 is 0 Å². The summed E-state index contributed by atoms with van der Waals surface area (Å²) in [6, 6.07) is 19.3. The van der Waals surface area contributed by atoms with E-state index in [0.29, 0.717) is 27.4 Å². The van der Waals surface area contributed by atoms with Crippen molar-refractivity contribution in [1.29, 1.82) is 0 Å². The summed E-state index contributed by atoms with van der Waals surface area (Å²) in [4.78, 5) is 58.3. The molecule has 0 fully saturated rings. The monoisotopic (exact) mass is 654 g/mol. The highest BCUT2D eigenvalue weighted by Crippen LogP contribution is 2.38. The first-order chi connectivity index (χ1) is 22.3. The van der Waals surface area contributed by atoms with E-state index in [1.165, 1.54) is 30.2 Å². The molecule has 0 saturated heterocycles. The SMILES string of the molecule is COC(=O)c1c(NC(=O)C(C)Sc2cccc(NC(=O)/C(=C/c3cccnc3)NC(=O)c3ccccc3)c2)sc2c1CCCCC2. The van der Waals surface area contributed by atoms with Crippen LogP contribution in [-0.2, 0) is 27.2 Å². The van der Waals surface area contributed by atoms with Crippen molar-refractivity contribution in [2.45, 2.75) is 49.2 Å². The Hall–Kier alpha value is -4.74. The topological polar surface area (TPSA) is 126 Å². The molecule has 3 N–H and O–H groups in total. The van der Waals surface area contributed by atoms with Gasteiger partial charge in [0, 0.05) is 33.4 Å². The van der Waals surface area contributed by atoms with E-state index < -0.39 is 23.0 Å². The van der Waals surface area contributed by atoms with Crippen molar-refractivity contribution >= 4 is 63.6 Å². The van der Waals surface area contributed by atoms with Crippen molar-refractivity contribution < 1.29 is 23.9 Å². The van der Waals surface area contributed by atoms with Crippen LogP contribution in [0.2, 0.25) is 0 Å². The van der Waals surface area contributed by atoms with Gasteiger partial charge in [-0.1, -0.05) is 36.8 Å². The number of methoxy groups -OCH3 is 1. The first-order valence-electron chi connectivity index (χ1n) is 14.9. The maximum Gasteiger partial charge on any atom is 0.341 e. The number of esters is 1. The number of hydrogen-bond donors (Lipinski definition) is 3. The Morgan fingerprint density at radius 2 is 1.76 bits per heavy atom. The molecule has 1 aliphatic rings. The van der Waals surface area contributed by atoms with Crippen LogP contribution in [0.5, 0.6) is 0 Å². The number of anilines is 2. The largest absolute Gasteiger partial charge is 0.465 e. The molecule has 2 aromatic heterocycles. The Morgan fingerprint density at radius 3 is 2.52 bits per heavy atom. The molecule has 46 heavy (non-hydrogen) atoms. The zero-order valence-electron chi connectivity index (χ0n) is 25.5. The first-order valence-corrected chi connectivity index (χ1v) is 16.6. The molecule has 5 rings (SSSR count). The highest BCUT2D eigenvalue weighted by Gasteiger charge is 2.27. The second-order valence-electron chi connectivity index (χ2n) is 10.7. The number of amides is 3. The predicted octanol–water partition coefficient (Wildman–Crippen LogP) is 6.73. The fourth-order valence-corrected chi connectivity index (χ4v) is 7.24. The van der Waals surface area contributed by atoms with Gasteiger partial charge in [-0.05, 0) is 86.2 Å². The van der Waals surface area contributed by atoms with Crippen LogP contribution >= 0.6 is 23.1 Å².